The normalized spacial score (nSPS) is 34.4. The largest absolute Gasteiger partial charge is 0.466 e. The minimum absolute atomic E-state index is 0.630. The van der Waals surface area contributed by atoms with Crippen LogP contribution in [0.3, 0.4) is 0 Å². The number of hydrogen-bond acceptors (Lipinski definition) is 4. The molecule has 3 N–H and O–H groups in total. The van der Waals surface area contributed by atoms with Crippen molar-refractivity contribution in [3.8, 4) is 0 Å². The smallest absolute Gasteiger partial charge is 0.346 e. The van der Waals surface area contributed by atoms with Gasteiger partial charge in [0, 0.05) is 12.8 Å². The van der Waals surface area contributed by atoms with Gasteiger partial charge in [0.25, 0.3) is 0 Å². The summed E-state index contributed by atoms with van der Waals surface area (Å²) in [5.74, 6) is -1.26. The van der Waals surface area contributed by atoms with Crippen LogP contribution in [0.4, 0.5) is 0 Å². The molecular weight excluding hydrogens is 263 g/mol. The second kappa shape index (κ2) is 5.63. The Labute approximate surface area is 105 Å². The van der Waals surface area contributed by atoms with E-state index in [2.05, 4.69) is 13.2 Å². The molecule has 7 nitrogen and oxygen atoms in total. The molecule has 2 saturated heterocycles. The lowest BCUT2D eigenvalue weighted by molar-refractivity contribution is -0.393. The summed E-state index contributed by atoms with van der Waals surface area (Å²) in [5, 5.41) is 0. The second-order valence-corrected chi connectivity index (χ2v) is 4.87. The lowest BCUT2D eigenvalue weighted by Gasteiger charge is -2.48. The predicted molar refractivity (Wildman–Crippen MR) is 62.3 cm³/mol. The maximum Gasteiger partial charge on any atom is 0.466 e. The lowest BCUT2D eigenvalue weighted by atomic mass is 10.1. The van der Waals surface area contributed by atoms with Crippen LogP contribution in [-0.2, 0) is 18.8 Å². The minimum Gasteiger partial charge on any atom is -0.346 e. The van der Waals surface area contributed by atoms with Crippen LogP contribution in [-0.4, -0.2) is 39.5 Å². The molecule has 2 unspecified atom stereocenters. The first-order valence-corrected chi connectivity index (χ1v) is 6.84. The van der Waals surface area contributed by atoms with Crippen LogP contribution >= 0.6 is 7.82 Å². The maximum atomic E-state index is 8.88. The predicted octanol–water partition coefficient (Wildman–Crippen LogP) is 0.680. The van der Waals surface area contributed by atoms with E-state index in [9.17, 15) is 0 Å². The maximum absolute atomic E-state index is 8.88. The number of hydrogen-bond donors (Lipinski definition) is 3. The highest BCUT2D eigenvalue weighted by Crippen LogP contribution is 2.39. The first-order chi connectivity index (χ1) is 8.24. The van der Waals surface area contributed by atoms with Gasteiger partial charge >= 0.3 is 7.82 Å². The fourth-order valence-corrected chi connectivity index (χ4v) is 1.47. The fraction of sp³-hybridized carbons (Fsp3) is 0.600. The Bertz CT molecular complexity index is 321. The van der Waals surface area contributed by atoms with Crippen molar-refractivity contribution in [3.05, 3.63) is 25.3 Å². The molecule has 0 aromatic heterocycles. The molecule has 8 heteroatoms. The minimum atomic E-state index is -4.64. The summed E-state index contributed by atoms with van der Waals surface area (Å²) in [7, 11) is -4.64. The van der Waals surface area contributed by atoms with Crippen molar-refractivity contribution in [1.82, 2.24) is 0 Å². The molecule has 18 heavy (non-hydrogen) atoms. The Balaban J connectivity index is 0.000000280. The molecule has 0 radical (unpaired) electrons. The van der Waals surface area contributed by atoms with Crippen LogP contribution in [0, 0.1) is 0 Å². The third kappa shape index (κ3) is 4.29. The molecule has 2 heterocycles. The Morgan fingerprint density at radius 1 is 1.06 bits per heavy atom. The zero-order valence-corrected chi connectivity index (χ0v) is 10.7. The van der Waals surface area contributed by atoms with Gasteiger partial charge in [0.1, 0.15) is 0 Å². The number of ether oxygens (including phenoxy) is 3. The van der Waals surface area contributed by atoms with Crippen molar-refractivity contribution in [2.75, 3.05) is 13.2 Å². The van der Waals surface area contributed by atoms with E-state index in [4.69, 9.17) is 33.5 Å². The Hall–Kier alpha value is -0.530. The van der Waals surface area contributed by atoms with Crippen LogP contribution in [0.25, 0.3) is 0 Å². The highest BCUT2D eigenvalue weighted by molar-refractivity contribution is 7.45. The summed E-state index contributed by atoms with van der Waals surface area (Å²) in [6, 6.07) is 0. The Morgan fingerprint density at radius 3 is 1.44 bits per heavy atom. The summed E-state index contributed by atoms with van der Waals surface area (Å²) in [4.78, 5) is 21.6. The van der Waals surface area contributed by atoms with Crippen LogP contribution in [0.1, 0.15) is 12.8 Å². The highest BCUT2D eigenvalue weighted by atomic mass is 31.2. The second-order valence-electron chi connectivity index (χ2n) is 3.84. The zero-order chi connectivity index (χ0) is 13.9. The quantitative estimate of drug-likeness (QED) is 0.513. The summed E-state index contributed by atoms with van der Waals surface area (Å²) in [6.45, 7) is 8.83. The van der Waals surface area contributed by atoms with Crippen molar-refractivity contribution in [3.63, 3.8) is 0 Å². The third-order valence-corrected chi connectivity index (χ3v) is 2.56. The van der Waals surface area contributed by atoms with E-state index in [1.807, 2.05) is 0 Å². The van der Waals surface area contributed by atoms with Gasteiger partial charge < -0.3 is 28.9 Å². The summed E-state index contributed by atoms with van der Waals surface area (Å²) >= 11 is 0. The molecule has 2 fully saturated rings. The van der Waals surface area contributed by atoms with E-state index in [1.54, 1.807) is 12.2 Å². The number of phosphoric acid groups is 1. The number of rotatable bonds is 4. The molecule has 0 amide bonds. The van der Waals surface area contributed by atoms with E-state index < -0.39 is 19.4 Å². The average Bonchev–Trinajstić information content (AvgIpc) is 2.12. The third-order valence-electron chi connectivity index (χ3n) is 2.56. The molecule has 2 rings (SSSR count). The standard InChI is InChI=1S/C10H14O3.H3O4P/c1-3-9(5-7-11-9)13-10(4-2)6-8-12-10;1-5(2,3)4/h3-4H,1-2,5-8H2;(H3,1,2,3,4). The van der Waals surface area contributed by atoms with Gasteiger partial charge in [0.2, 0.25) is 0 Å². The molecule has 0 bridgehead atoms. The summed E-state index contributed by atoms with van der Waals surface area (Å²) in [6.07, 6.45) is 5.05. The lowest BCUT2D eigenvalue weighted by Crippen LogP contribution is -2.55. The Kier molecular flexibility index (Phi) is 4.85. The molecule has 2 aliphatic heterocycles. The summed E-state index contributed by atoms with van der Waals surface area (Å²) < 4.78 is 25.3. The van der Waals surface area contributed by atoms with Crippen molar-refractivity contribution in [2.24, 2.45) is 0 Å². The molecule has 104 valence electrons. The van der Waals surface area contributed by atoms with Gasteiger partial charge in [-0.2, -0.15) is 0 Å². The molecule has 0 aliphatic carbocycles. The average molecular weight is 280 g/mol. The molecule has 0 saturated carbocycles. The van der Waals surface area contributed by atoms with E-state index in [0.29, 0.717) is 0 Å². The molecule has 0 aromatic carbocycles. The highest BCUT2D eigenvalue weighted by Gasteiger charge is 2.47. The molecule has 2 aliphatic rings. The van der Waals surface area contributed by atoms with E-state index in [-0.39, 0.29) is 0 Å². The van der Waals surface area contributed by atoms with E-state index in [0.717, 1.165) is 26.1 Å². The van der Waals surface area contributed by atoms with Gasteiger partial charge in [-0.25, -0.2) is 4.57 Å². The van der Waals surface area contributed by atoms with Gasteiger partial charge in [-0.15, -0.1) is 0 Å². The fourth-order valence-electron chi connectivity index (χ4n) is 1.47. The first kappa shape index (κ1) is 15.5. The van der Waals surface area contributed by atoms with Crippen molar-refractivity contribution < 1.29 is 33.5 Å². The molecule has 0 aromatic rings. The van der Waals surface area contributed by atoms with Crippen LogP contribution in [0.2, 0.25) is 0 Å². The van der Waals surface area contributed by atoms with Crippen molar-refractivity contribution in [2.45, 2.75) is 24.4 Å². The van der Waals surface area contributed by atoms with Gasteiger partial charge in [-0.1, -0.05) is 13.2 Å². The van der Waals surface area contributed by atoms with Crippen LogP contribution < -0.4 is 0 Å². The van der Waals surface area contributed by atoms with Crippen LogP contribution in [0.5, 0.6) is 0 Å². The first-order valence-electron chi connectivity index (χ1n) is 5.28. The van der Waals surface area contributed by atoms with E-state index in [1.165, 1.54) is 0 Å². The van der Waals surface area contributed by atoms with Gasteiger partial charge in [-0.05, 0) is 12.2 Å². The van der Waals surface area contributed by atoms with E-state index >= 15 is 0 Å². The molecule has 0 spiro atoms. The van der Waals surface area contributed by atoms with Crippen molar-refractivity contribution in [1.29, 1.82) is 0 Å². The topological polar surface area (TPSA) is 105 Å². The summed E-state index contributed by atoms with van der Waals surface area (Å²) in [5.41, 5.74) is 0. The van der Waals surface area contributed by atoms with Crippen LogP contribution in [0.15, 0.2) is 25.3 Å². The van der Waals surface area contributed by atoms with Gasteiger partial charge in [0.05, 0.1) is 13.2 Å². The van der Waals surface area contributed by atoms with Gasteiger partial charge in [0.15, 0.2) is 11.6 Å². The SMILES string of the molecule is C=CC1(OC2(C=C)CCO2)CCO1.O=P(O)(O)O. The molecule has 2 atom stereocenters. The molecular formula is C10H17O7P. The monoisotopic (exact) mass is 280 g/mol. The van der Waals surface area contributed by atoms with Crippen molar-refractivity contribution >= 4 is 7.82 Å². The zero-order valence-electron chi connectivity index (χ0n) is 9.82. The Morgan fingerprint density at radius 2 is 1.33 bits per heavy atom. The van der Waals surface area contributed by atoms with Gasteiger partial charge in [-0.3, -0.25) is 0 Å².